The minimum absolute atomic E-state index is 0.346. The van der Waals surface area contributed by atoms with Gasteiger partial charge >= 0.3 is 0 Å². The maximum absolute atomic E-state index is 12.8. The van der Waals surface area contributed by atoms with Crippen LogP contribution < -0.4 is 0 Å². The fourth-order valence-electron chi connectivity index (χ4n) is 3.57. The first-order valence-corrected chi connectivity index (χ1v) is 11.2. The van der Waals surface area contributed by atoms with Crippen molar-refractivity contribution in [2.45, 2.75) is 30.6 Å². The summed E-state index contributed by atoms with van der Waals surface area (Å²) in [6.07, 6.45) is 5.90. The Morgan fingerprint density at radius 3 is 2.18 bits per heavy atom. The van der Waals surface area contributed by atoms with Gasteiger partial charge in [-0.25, -0.2) is 8.42 Å². The van der Waals surface area contributed by atoms with E-state index in [9.17, 15) is 8.42 Å². The van der Waals surface area contributed by atoms with Crippen LogP contribution in [0.25, 0.3) is 10.8 Å². The molecule has 3 aromatic rings. The van der Waals surface area contributed by atoms with E-state index in [1.807, 2.05) is 24.4 Å². The van der Waals surface area contributed by atoms with Crippen molar-refractivity contribution in [1.82, 2.24) is 4.31 Å². The zero-order chi connectivity index (χ0) is 19.4. The highest BCUT2D eigenvalue weighted by Crippen LogP contribution is 2.23. The second-order valence-corrected chi connectivity index (χ2v) is 9.11. The number of fused-ring (bicyclic) bond motifs is 1. The van der Waals surface area contributed by atoms with Gasteiger partial charge in [0.2, 0.25) is 10.0 Å². The second kappa shape index (κ2) is 8.25. The Morgan fingerprint density at radius 1 is 0.786 bits per heavy atom. The highest BCUT2D eigenvalue weighted by atomic mass is 32.2. The van der Waals surface area contributed by atoms with Gasteiger partial charge < -0.3 is 0 Å². The standard InChI is InChI=1S/C23H24N2O2S/c26-28(27,25-15-5-1-2-6-16-25)23-13-11-22(12-14-23)24-18-19-9-10-20-7-3-4-8-21(20)17-19/h3-4,7-14,17-18H,1-2,5-6,15-16H2. The number of hydrogen-bond acceptors (Lipinski definition) is 3. The fraction of sp³-hybridized carbons (Fsp3) is 0.261. The van der Waals surface area contributed by atoms with Crippen LogP contribution in [-0.4, -0.2) is 32.0 Å². The molecule has 0 aromatic heterocycles. The zero-order valence-corrected chi connectivity index (χ0v) is 16.6. The number of hydrogen-bond donors (Lipinski definition) is 0. The molecule has 3 aromatic carbocycles. The number of nitrogens with zero attached hydrogens (tertiary/aromatic N) is 2. The summed E-state index contributed by atoms with van der Waals surface area (Å²) in [7, 11) is -3.41. The van der Waals surface area contributed by atoms with E-state index >= 15 is 0 Å². The summed E-state index contributed by atoms with van der Waals surface area (Å²) in [5, 5.41) is 2.37. The monoisotopic (exact) mass is 392 g/mol. The fourth-order valence-corrected chi connectivity index (χ4v) is 5.09. The molecule has 0 amide bonds. The number of benzene rings is 3. The molecule has 5 heteroatoms. The Bertz CT molecular complexity index is 1080. The Balaban J connectivity index is 1.51. The normalized spacial score (nSPS) is 16.4. The number of rotatable bonds is 4. The molecule has 0 aliphatic carbocycles. The Kier molecular flexibility index (Phi) is 5.55. The molecule has 4 rings (SSSR count). The predicted octanol–water partition coefficient (Wildman–Crippen LogP) is 5.16. The summed E-state index contributed by atoms with van der Waals surface area (Å²) in [5.41, 5.74) is 1.75. The Hall–Kier alpha value is -2.50. The zero-order valence-electron chi connectivity index (χ0n) is 15.8. The van der Waals surface area contributed by atoms with Crippen LogP contribution in [0.1, 0.15) is 31.2 Å². The molecule has 0 unspecified atom stereocenters. The topological polar surface area (TPSA) is 49.7 Å². The van der Waals surface area contributed by atoms with Crippen molar-refractivity contribution in [3.05, 3.63) is 72.3 Å². The molecule has 0 spiro atoms. The summed E-state index contributed by atoms with van der Waals surface area (Å²) < 4.78 is 27.3. The van der Waals surface area contributed by atoms with Crippen molar-refractivity contribution in [1.29, 1.82) is 0 Å². The molecule has 0 atom stereocenters. The van der Waals surface area contributed by atoms with Crippen molar-refractivity contribution in [3.8, 4) is 0 Å². The summed E-state index contributed by atoms with van der Waals surface area (Å²) in [6, 6.07) is 21.3. The lowest BCUT2D eigenvalue weighted by atomic mass is 10.1. The number of sulfonamides is 1. The van der Waals surface area contributed by atoms with Crippen molar-refractivity contribution >= 4 is 32.7 Å². The molecule has 28 heavy (non-hydrogen) atoms. The van der Waals surface area contributed by atoms with E-state index in [1.54, 1.807) is 28.6 Å². The molecule has 0 radical (unpaired) electrons. The van der Waals surface area contributed by atoms with Crippen molar-refractivity contribution in [2.24, 2.45) is 4.99 Å². The van der Waals surface area contributed by atoms with Crippen LogP contribution in [0.5, 0.6) is 0 Å². The van der Waals surface area contributed by atoms with Crippen LogP contribution >= 0.6 is 0 Å². The van der Waals surface area contributed by atoms with E-state index in [1.165, 1.54) is 10.8 Å². The van der Waals surface area contributed by atoms with Gasteiger partial charge in [-0.15, -0.1) is 0 Å². The van der Waals surface area contributed by atoms with E-state index in [0.29, 0.717) is 18.0 Å². The summed E-state index contributed by atoms with van der Waals surface area (Å²) in [5.74, 6) is 0. The van der Waals surface area contributed by atoms with Gasteiger partial charge in [0.1, 0.15) is 0 Å². The molecule has 144 valence electrons. The number of aliphatic imine (C=N–C) groups is 1. The molecule has 1 aliphatic rings. The second-order valence-electron chi connectivity index (χ2n) is 7.18. The molecule has 1 aliphatic heterocycles. The van der Waals surface area contributed by atoms with Crippen LogP contribution in [-0.2, 0) is 10.0 Å². The molecule has 0 N–H and O–H groups in total. The largest absolute Gasteiger partial charge is 0.256 e. The van der Waals surface area contributed by atoms with E-state index in [2.05, 4.69) is 29.3 Å². The molecule has 0 saturated carbocycles. The molecule has 1 saturated heterocycles. The van der Waals surface area contributed by atoms with Gasteiger partial charge in [-0.05, 0) is 59.5 Å². The van der Waals surface area contributed by atoms with Crippen molar-refractivity contribution in [2.75, 3.05) is 13.1 Å². The third-order valence-electron chi connectivity index (χ3n) is 5.18. The average molecular weight is 393 g/mol. The highest BCUT2D eigenvalue weighted by molar-refractivity contribution is 7.89. The Labute approximate surface area is 166 Å². The lowest BCUT2D eigenvalue weighted by molar-refractivity contribution is 0.424. The van der Waals surface area contributed by atoms with Crippen LogP contribution in [0.15, 0.2) is 76.6 Å². The predicted molar refractivity (Wildman–Crippen MR) is 115 cm³/mol. The van der Waals surface area contributed by atoms with Crippen LogP contribution in [0, 0.1) is 0 Å². The first-order chi connectivity index (χ1) is 13.6. The van der Waals surface area contributed by atoms with E-state index in [-0.39, 0.29) is 0 Å². The van der Waals surface area contributed by atoms with Gasteiger partial charge in [0.05, 0.1) is 10.6 Å². The van der Waals surface area contributed by atoms with Gasteiger partial charge in [0.25, 0.3) is 0 Å². The molecular formula is C23H24N2O2S. The smallest absolute Gasteiger partial charge is 0.243 e. The maximum Gasteiger partial charge on any atom is 0.243 e. The SMILES string of the molecule is O=S(=O)(c1ccc(N=Cc2ccc3ccccc3c2)cc1)N1CCCCCC1. The van der Waals surface area contributed by atoms with E-state index < -0.39 is 10.0 Å². The molecule has 1 fully saturated rings. The minimum atomic E-state index is -3.41. The van der Waals surface area contributed by atoms with Gasteiger partial charge in [-0.2, -0.15) is 4.31 Å². The first-order valence-electron chi connectivity index (χ1n) is 9.76. The third kappa shape index (κ3) is 4.16. The first kappa shape index (κ1) is 18.8. The van der Waals surface area contributed by atoms with Crippen molar-refractivity contribution in [3.63, 3.8) is 0 Å². The summed E-state index contributed by atoms with van der Waals surface area (Å²) >= 11 is 0. The molecule has 4 nitrogen and oxygen atoms in total. The molecule has 1 heterocycles. The van der Waals surface area contributed by atoms with E-state index in [4.69, 9.17) is 0 Å². The van der Waals surface area contributed by atoms with Crippen molar-refractivity contribution < 1.29 is 8.42 Å². The highest BCUT2D eigenvalue weighted by Gasteiger charge is 2.24. The van der Waals surface area contributed by atoms with E-state index in [0.717, 1.165) is 36.9 Å². The van der Waals surface area contributed by atoms with Gasteiger partial charge in [-0.1, -0.05) is 49.2 Å². The third-order valence-corrected chi connectivity index (χ3v) is 7.09. The molecule has 0 bridgehead atoms. The van der Waals surface area contributed by atoms with Crippen LogP contribution in [0.3, 0.4) is 0 Å². The maximum atomic E-state index is 12.8. The summed E-state index contributed by atoms with van der Waals surface area (Å²) in [4.78, 5) is 4.85. The van der Waals surface area contributed by atoms with Gasteiger partial charge in [-0.3, -0.25) is 4.99 Å². The van der Waals surface area contributed by atoms with Crippen LogP contribution in [0.2, 0.25) is 0 Å². The van der Waals surface area contributed by atoms with Gasteiger partial charge in [0.15, 0.2) is 0 Å². The summed E-state index contributed by atoms with van der Waals surface area (Å²) in [6.45, 7) is 1.23. The van der Waals surface area contributed by atoms with Crippen LogP contribution in [0.4, 0.5) is 5.69 Å². The Morgan fingerprint density at radius 2 is 1.46 bits per heavy atom. The van der Waals surface area contributed by atoms with Gasteiger partial charge in [0, 0.05) is 19.3 Å². The lowest BCUT2D eigenvalue weighted by Gasteiger charge is -2.19. The molecular weight excluding hydrogens is 368 g/mol. The quantitative estimate of drug-likeness (QED) is 0.576. The minimum Gasteiger partial charge on any atom is -0.256 e. The average Bonchev–Trinajstić information content (AvgIpc) is 3.03. The lowest BCUT2D eigenvalue weighted by Crippen LogP contribution is -2.31.